The Morgan fingerprint density at radius 3 is 2.68 bits per heavy atom. The van der Waals surface area contributed by atoms with Crippen molar-refractivity contribution in [3.05, 3.63) is 18.2 Å². The van der Waals surface area contributed by atoms with Gasteiger partial charge in [-0.2, -0.15) is 4.31 Å². The standard InChI is InChI=1S/C15H22N2O4S/c1-11-6-4-5-9-17(11)22(19,20)15-10-13(16-12(2)18)7-8-14(15)21-3/h7-8,10-11H,4-6,9H2,1-3H3,(H,16,18)/t11-/m1/s1. The van der Waals surface area contributed by atoms with Crippen molar-refractivity contribution in [3.63, 3.8) is 0 Å². The summed E-state index contributed by atoms with van der Waals surface area (Å²) in [5, 5.41) is 2.61. The maximum Gasteiger partial charge on any atom is 0.247 e. The number of carbonyl (C=O) groups is 1. The van der Waals surface area contributed by atoms with E-state index in [2.05, 4.69) is 5.32 Å². The van der Waals surface area contributed by atoms with Gasteiger partial charge < -0.3 is 10.1 Å². The third-order valence-corrected chi connectivity index (χ3v) is 5.85. The van der Waals surface area contributed by atoms with Gasteiger partial charge in [-0.15, -0.1) is 0 Å². The largest absolute Gasteiger partial charge is 0.495 e. The van der Waals surface area contributed by atoms with Crippen LogP contribution in [-0.2, 0) is 14.8 Å². The first-order valence-corrected chi connectivity index (χ1v) is 8.77. The van der Waals surface area contributed by atoms with Crippen LogP contribution in [0.3, 0.4) is 0 Å². The number of carbonyl (C=O) groups excluding carboxylic acids is 1. The maximum absolute atomic E-state index is 12.9. The average molecular weight is 326 g/mol. The molecule has 0 saturated carbocycles. The Kier molecular flexibility index (Phi) is 5.08. The Hall–Kier alpha value is -1.60. The number of nitrogens with one attached hydrogen (secondary N) is 1. The average Bonchev–Trinajstić information content (AvgIpc) is 2.47. The summed E-state index contributed by atoms with van der Waals surface area (Å²) in [6, 6.07) is 4.61. The first-order valence-electron chi connectivity index (χ1n) is 7.33. The summed E-state index contributed by atoms with van der Waals surface area (Å²) in [5.41, 5.74) is 0.441. The fourth-order valence-corrected chi connectivity index (χ4v) is 4.60. The van der Waals surface area contributed by atoms with Crippen LogP contribution < -0.4 is 10.1 Å². The molecule has 122 valence electrons. The molecule has 0 radical (unpaired) electrons. The topological polar surface area (TPSA) is 75.7 Å². The second kappa shape index (κ2) is 6.66. The molecule has 1 saturated heterocycles. The maximum atomic E-state index is 12.9. The minimum atomic E-state index is -3.66. The van der Waals surface area contributed by atoms with E-state index in [1.54, 1.807) is 12.1 Å². The molecule has 0 unspecified atom stereocenters. The van der Waals surface area contributed by atoms with Crippen molar-refractivity contribution in [2.75, 3.05) is 19.0 Å². The highest BCUT2D eigenvalue weighted by atomic mass is 32.2. The molecule has 22 heavy (non-hydrogen) atoms. The van der Waals surface area contributed by atoms with E-state index >= 15 is 0 Å². The second-order valence-electron chi connectivity index (χ2n) is 5.51. The highest BCUT2D eigenvalue weighted by Crippen LogP contribution is 2.32. The summed E-state index contributed by atoms with van der Waals surface area (Å²) in [4.78, 5) is 11.3. The molecular weight excluding hydrogens is 304 g/mol. The predicted octanol–water partition coefficient (Wildman–Crippen LogP) is 2.22. The summed E-state index contributed by atoms with van der Waals surface area (Å²) in [5.74, 6) is 0.0340. The minimum absolute atomic E-state index is 0.0344. The molecular formula is C15H22N2O4S. The summed E-state index contributed by atoms with van der Waals surface area (Å²) in [7, 11) is -2.22. The molecule has 1 aliphatic rings. The van der Waals surface area contributed by atoms with Crippen molar-refractivity contribution in [1.29, 1.82) is 0 Å². The molecule has 1 fully saturated rings. The van der Waals surface area contributed by atoms with Gasteiger partial charge in [0.2, 0.25) is 15.9 Å². The number of amides is 1. The molecule has 1 N–H and O–H groups in total. The van der Waals surface area contributed by atoms with Gasteiger partial charge in [0.1, 0.15) is 10.6 Å². The van der Waals surface area contributed by atoms with Crippen molar-refractivity contribution in [1.82, 2.24) is 4.31 Å². The Labute approximate surface area is 131 Å². The van der Waals surface area contributed by atoms with Gasteiger partial charge in [0.25, 0.3) is 0 Å². The Morgan fingerprint density at radius 1 is 1.36 bits per heavy atom. The van der Waals surface area contributed by atoms with Crippen LogP contribution in [0.1, 0.15) is 33.1 Å². The van der Waals surface area contributed by atoms with Crippen molar-refractivity contribution in [2.45, 2.75) is 44.0 Å². The molecule has 0 aliphatic carbocycles. The van der Waals surface area contributed by atoms with Gasteiger partial charge in [0, 0.05) is 25.2 Å². The summed E-state index contributed by atoms with van der Waals surface area (Å²) in [6.07, 6.45) is 2.75. The molecule has 0 bridgehead atoms. The molecule has 1 amide bonds. The predicted molar refractivity (Wildman–Crippen MR) is 84.5 cm³/mol. The number of rotatable bonds is 4. The molecule has 2 rings (SSSR count). The van der Waals surface area contributed by atoms with Crippen molar-refractivity contribution < 1.29 is 17.9 Å². The Bertz CT molecular complexity index is 658. The molecule has 0 aromatic heterocycles. The smallest absolute Gasteiger partial charge is 0.247 e. The quantitative estimate of drug-likeness (QED) is 0.920. The van der Waals surface area contributed by atoms with Gasteiger partial charge in [0.05, 0.1) is 7.11 Å². The van der Waals surface area contributed by atoms with Crippen molar-refractivity contribution in [3.8, 4) is 5.75 Å². The van der Waals surface area contributed by atoms with Crippen LogP contribution in [0.5, 0.6) is 5.75 Å². The number of methoxy groups -OCH3 is 1. The fourth-order valence-electron chi connectivity index (χ4n) is 2.71. The van der Waals surface area contributed by atoms with Crippen molar-refractivity contribution >= 4 is 21.6 Å². The van der Waals surface area contributed by atoms with Crippen LogP contribution in [0.25, 0.3) is 0 Å². The van der Waals surface area contributed by atoms with E-state index in [1.165, 1.54) is 24.4 Å². The molecule has 6 nitrogen and oxygen atoms in total. The van der Waals surface area contributed by atoms with Gasteiger partial charge in [0.15, 0.2) is 0 Å². The third-order valence-electron chi connectivity index (χ3n) is 3.81. The van der Waals surface area contributed by atoms with Crippen LogP contribution in [0.15, 0.2) is 23.1 Å². The van der Waals surface area contributed by atoms with E-state index in [0.717, 1.165) is 19.3 Å². The first-order chi connectivity index (χ1) is 10.4. The number of hydrogen-bond acceptors (Lipinski definition) is 4. The number of ether oxygens (including phenoxy) is 1. The lowest BCUT2D eigenvalue weighted by atomic mass is 10.1. The lowest BCUT2D eigenvalue weighted by Crippen LogP contribution is -2.42. The highest BCUT2D eigenvalue weighted by Gasteiger charge is 2.33. The lowest BCUT2D eigenvalue weighted by molar-refractivity contribution is -0.114. The molecule has 1 aromatic rings. The second-order valence-corrected chi connectivity index (χ2v) is 7.37. The van der Waals surface area contributed by atoms with E-state index in [1.807, 2.05) is 6.92 Å². The van der Waals surface area contributed by atoms with E-state index in [9.17, 15) is 13.2 Å². The summed E-state index contributed by atoms with van der Waals surface area (Å²) < 4.78 is 32.6. The fraction of sp³-hybridized carbons (Fsp3) is 0.533. The third kappa shape index (κ3) is 3.41. The number of benzene rings is 1. The van der Waals surface area contributed by atoms with E-state index in [-0.39, 0.29) is 22.6 Å². The van der Waals surface area contributed by atoms with E-state index < -0.39 is 10.0 Å². The van der Waals surface area contributed by atoms with Crippen LogP contribution >= 0.6 is 0 Å². The molecule has 1 atom stereocenters. The number of piperidine rings is 1. The highest BCUT2D eigenvalue weighted by molar-refractivity contribution is 7.89. The Balaban J connectivity index is 2.45. The zero-order valence-electron chi connectivity index (χ0n) is 13.1. The zero-order chi connectivity index (χ0) is 16.3. The molecule has 1 aliphatic heterocycles. The first kappa shape index (κ1) is 16.8. The van der Waals surface area contributed by atoms with Gasteiger partial charge in [-0.1, -0.05) is 6.42 Å². The van der Waals surface area contributed by atoms with E-state index in [4.69, 9.17) is 4.74 Å². The van der Waals surface area contributed by atoms with Crippen LogP contribution in [0.2, 0.25) is 0 Å². The lowest BCUT2D eigenvalue weighted by Gasteiger charge is -2.32. The summed E-state index contributed by atoms with van der Waals surface area (Å²) in [6.45, 7) is 3.81. The van der Waals surface area contributed by atoms with Crippen LogP contribution in [0.4, 0.5) is 5.69 Å². The molecule has 1 heterocycles. The minimum Gasteiger partial charge on any atom is -0.495 e. The normalized spacial score (nSPS) is 19.7. The number of anilines is 1. The molecule has 1 aromatic carbocycles. The van der Waals surface area contributed by atoms with Gasteiger partial charge in [-0.3, -0.25) is 4.79 Å². The van der Waals surface area contributed by atoms with Gasteiger partial charge in [-0.05, 0) is 38.0 Å². The van der Waals surface area contributed by atoms with Gasteiger partial charge in [-0.25, -0.2) is 8.42 Å². The monoisotopic (exact) mass is 326 g/mol. The van der Waals surface area contributed by atoms with Crippen molar-refractivity contribution in [2.24, 2.45) is 0 Å². The van der Waals surface area contributed by atoms with E-state index in [0.29, 0.717) is 12.2 Å². The zero-order valence-corrected chi connectivity index (χ0v) is 13.9. The van der Waals surface area contributed by atoms with Crippen LogP contribution in [-0.4, -0.2) is 38.3 Å². The number of sulfonamides is 1. The Morgan fingerprint density at radius 2 is 2.09 bits per heavy atom. The number of nitrogens with zero attached hydrogens (tertiary/aromatic N) is 1. The summed E-state index contributed by atoms with van der Waals surface area (Å²) >= 11 is 0. The molecule has 0 spiro atoms. The van der Waals surface area contributed by atoms with Crippen LogP contribution in [0, 0.1) is 0 Å². The number of hydrogen-bond donors (Lipinski definition) is 1. The molecule has 7 heteroatoms. The van der Waals surface area contributed by atoms with Gasteiger partial charge >= 0.3 is 0 Å². The SMILES string of the molecule is COc1ccc(NC(C)=O)cc1S(=O)(=O)N1CCCC[C@H]1C.